The van der Waals surface area contributed by atoms with Gasteiger partial charge in [-0.2, -0.15) is 0 Å². The molecule has 1 aromatic carbocycles. The lowest BCUT2D eigenvalue weighted by molar-refractivity contribution is -0.146. The molecule has 0 saturated heterocycles. The number of halogens is 1. The zero-order valence-electron chi connectivity index (χ0n) is 12.2. The van der Waals surface area contributed by atoms with E-state index in [1.807, 2.05) is 26.0 Å². The molecule has 5 heteroatoms. The predicted molar refractivity (Wildman–Crippen MR) is 83.7 cm³/mol. The minimum absolute atomic E-state index is 0.400. The van der Waals surface area contributed by atoms with Crippen LogP contribution in [0.5, 0.6) is 0 Å². The first-order valence-electron chi connectivity index (χ1n) is 7.10. The topological polar surface area (TPSA) is 36.3 Å². The monoisotopic (exact) mass is 340 g/mol. The van der Waals surface area contributed by atoms with Crippen molar-refractivity contribution in [1.29, 1.82) is 0 Å². The molecule has 0 spiro atoms. The van der Waals surface area contributed by atoms with Gasteiger partial charge in [0.2, 0.25) is 6.29 Å². The van der Waals surface area contributed by atoms with Crippen LogP contribution in [0.25, 0.3) is 11.0 Å². The third kappa shape index (κ3) is 3.22. The lowest BCUT2D eigenvalue weighted by Crippen LogP contribution is -2.15. The van der Waals surface area contributed by atoms with Gasteiger partial charge in [0.15, 0.2) is 5.82 Å². The number of imidazole rings is 1. The molecule has 0 N–H and O–H groups in total. The molecule has 2 aromatic rings. The van der Waals surface area contributed by atoms with Crippen molar-refractivity contribution in [2.24, 2.45) is 0 Å². The summed E-state index contributed by atoms with van der Waals surface area (Å²) in [4.78, 5) is 4.71. The van der Waals surface area contributed by atoms with Crippen LogP contribution in [0.2, 0.25) is 0 Å². The molecule has 0 aliphatic heterocycles. The SMILES string of the molecule is CCCn1c(C(OCC)OCC)nc2cc(Br)ccc21. The number of hydrogen-bond donors (Lipinski definition) is 0. The van der Waals surface area contributed by atoms with Gasteiger partial charge in [0.1, 0.15) is 0 Å². The van der Waals surface area contributed by atoms with Crippen molar-refractivity contribution in [3.63, 3.8) is 0 Å². The van der Waals surface area contributed by atoms with E-state index in [-0.39, 0.29) is 0 Å². The Labute approximate surface area is 128 Å². The Kier molecular flexibility index (Phi) is 5.57. The summed E-state index contributed by atoms with van der Waals surface area (Å²) in [5, 5.41) is 0. The van der Waals surface area contributed by atoms with Crippen molar-refractivity contribution in [3.05, 3.63) is 28.5 Å². The molecule has 1 aromatic heterocycles. The van der Waals surface area contributed by atoms with Crippen LogP contribution in [-0.4, -0.2) is 22.8 Å². The maximum atomic E-state index is 5.70. The molecule has 0 amide bonds. The van der Waals surface area contributed by atoms with E-state index < -0.39 is 6.29 Å². The van der Waals surface area contributed by atoms with Gasteiger partial charge in [0, 0.05) is 24.2 Å². The fourth-order valence-corrected chi connectivity index (χ4v) is 2.61. The lowest BCUT2D eigenvalue weighted by atomic mass is 10.3. The standard InChI is InChI=1S/C15H21BrN2O2/c1-4-9-18-13-8-7-11(16)10-12(13)17-14(18)15(19-5-2)20-6-3/h7-8,10,15H,4-6,9H2,1-3H3. The fraction of sp³-hybridized carbons (Fsp3) is 0.533. The number of ether oxygens (including phenoxy) is 2. The van der Waals surface area contributed by atoms with E-state index in [4.69, 9.17) is 14.5 Å². The Morgan fingerprint density at radius 1 is 1.20 bits per heavy atom. The molecule has 0 atom stereocenters. The second kappa shape index (κ2) is 7.20. The summed E-state index contributed by atoms with van der Waals surface area (Å²) >= 11 is 3.49. The quantitative estimate of drug-likeness (QED) is 0.705. The first kappa shape index (κ1) is 15.5. The average molecular weight is 341 g/mol. The highest BCUT2D eigenvalue weighted by Gasteiger charge is 2.20. The molecule has 0 aliphatic rings. The number of fused-ring (bicyclic) bond motifs is 1. The van der Waals surface area contributed by atoms with Crippen LogP contribution >= 0.6 is 15.9 Å². The third-order valence-electron chi connectivity index (χ3n) is 3.03. The number of rotatable bonds is 7. The van der Waals surface area contributed by atoms with E-state index in [0.717, 1.165) is 34.3 Å². The lowest BCUT2D eigenvalue weighted by Gasteiger charge is -2.18. The van der Waals surface area contributed by atoms with Crippen LogP contribution in [0.1, 0.15) is 39.3 Å². The number of hydrogen-bond acceptors (Lipinski definition) is 3. The van der Waals surface area contributed by atoms with Crippen LogP contribution < -0.4 is 0 Å². The van der Waals surface area contributed by atoms with Crippen molar-refractivity contribution in [2.45, 2.75) is 40.0 Å². The summed E-state index contributed by atoms with van der Waals surface area (Å²) in [5.41, 5.74) is 2.08. The number of aromatic nitrogens is 2. The van der Waals surface area contributed by atoms with Gasteiger partial charge >= 0.3 is 0 Å². The molecular weight excluding hydrogens is 320 g/mol. The molecule has 0 bridgehead atoms. The molecule has 4 nitrogen and oxygen atoms in total. The van der Waals surface area contributed by atoms with Gasteiger partial charge in [-0.25, -0.2) is 4.98 Å². The van der Waals surface area contributed by atoms with Crippen LogP contribution in [0.3, 0.4) is 0 Å². The highest BCUT2D eigenvalue weighted by molar-refractivity contribution is 9.10. The molecule has 0 unspecified atom stereocenters. The van der Waals surface area contributed by atoms with Crippen molar-refractivity contribution >= 4 is 27.0 Å². The number of aryl methyl sites for hydroxylation is 1. The van der Waals surface area contributed by atoms with Crippen molar-refractivity contribution < 1.29 is 9.47 Å². The van der Waals surface area contributed by atoms with Crippen LogP contribution in [0.4, 0.5) is 0 Å². The summed E-state index contributed by atoms with van der Waals surface area (Å²) in [6.07, 6.45) is 0.641. The van der Waals surface area contributed by atoms with E-state index in [1.165, 1.54) is 0 Å². The summed E-state index contributed by atoms with van der Waals surface area (Å²) in [6, 6.07) is 6.15. The smallest absolute Gasteiger partial charge is 0.217 e. The van der Waals surface area contributed by atoms with E-state index in [1.54, 1.807) is 0 Å². The zero-order valence-corrected chi connectivity index (χ0v) is 13.8. The second-order valence-electron chi connectivity index (χ2n) is 4.50. The minimum Gasteiger partial charge on any atom is -0.346 e. The Morgan fingerprint density at radius 3 is 2.50 bits per heavy atom. The molecule has 20 heavy (non-hydrogen) atoms. The average Bonchev–Trinajstić information content (AvgIpc) is 2.77. The Hall–Kier alpha value is -0.910. The molecular formula is C15H21BrN2O2. The van der Waals surface area contributed by atoms with Crippen molar-refractivity contribution in [3.8, 4) is 0 Å². The highest BCUT2D eigenvalue weighted by Crippen LogP contribution is 2.26. The largest absolute Gasteiger partial charge is 0.346 e. The molecule has 2 rings (SSSR count). The van der Waals surface area contributed by atoms with Crippen molar-refractivity contribution in [1.82, 2.24) is 9.55 Å². The zero-order chi connectivity index (χ0) is 14.5. The number of benzene rings is 1. The van der Waals surface area contributed by atoms with Crippen molar-refractivity contribution in [2.75, 3.05) is 13.2 Å². The van der Waals surface area contributed by atoms with E-state index >= 15 is 0 Å². The molecule has 0 radical (unpaired) electrons. The van der Waals surface area contributed by atoms with Crippen LogP contribution in [0.15, 0.2) is 22.7 Å². The Bertz CT molecular complexity index is 562. The van der Waals surface area contributed by atoms with Gasteiger partial charge in [-0.15, -0.1) is 0 Å². The first-order chi connectivity index (χ1) is 9.71. The molecule has 0 aliphatic carbocycles. The molecule has 0 saturated carbocycles. The van der Waals surface area contributed by atoms with Crippen LogP contribution in [0, 0.1) is 0 Å². The van der Waals surface area contributed by atoms with E-state index in [9.17, 15) is 0 Å². The maximum absolute atomic E-state index is 5.70. The van der Waals surface area contributed by atoms with Gasteiger partial charge in [-0.1, -0.05) is 22.9 Å². The first-order valence-corrected chi connectivity index (χ1v) is 7.89. The molecule has 0 fully saturated rings. The Balaban J connectivity index is 2.51. The maximum Gasteiger partial charge on any atom is 0.217 e. The summed E-state index contributed by atoms with van der Waals surface area (Å²) in [7, 11) is 0. The Morgan fingerprint density at radius 2 is 1.90 bits per heavy atom. The highest BCUT2D eigenvalue weighted by atomic mass is 79.9. The minimum atomic E-state index is -0.400. The van der Waals surface area contributed by atoms with Crippen LogP contribution in [-0.2, 0) is 16.0 Å². The summed E-state index contributed by atoms with van der Waals surface area (Å²) in [5.74, 6) is 0.851. The second-order valence-corrected chi connectivity index (χ2v) is 5.41. The number of nitrogens with zero attached hydrogens (tertiary/aromatic N) is 2. The van der Waals surface area contributed by atoms with Gasteiger partial charge in [0.05, 0.1) is 11.0 Å². The van der Waals surface area contributed by atoms with E-state index in [2.05, 4.69) is 33.5 Å². The third-order valence-corrected chi connectivity index (χ3v) is 3.53. The fourth-order valence-electron chi connectivity index (χ4n) is 2.26. The summed E-state index contributed by atoms with van der Waals surface area (Å²) < 4.78 is 14.6. The predicted octanol–water partition coefficient (Wildman–Crippen LogP) is 4.28. The van der Waals surface area contributed by atoms with Gasteiger partial charge in [-0.3, -0.25) is 0 Å². The van der Waals surface area contributed by atoms with Gasteiger partial charge < -0.3 is 14.0 Å². The van der Waals surface area contributed by atoms with Gasteiger partial charge in [0.25, 0.3) is 0 Å². The summed E-state index contributed by atoms with van der Waals surface area (Å²) in [6.45, 7) is 8.20. The van der Waals surface area contributed by atoms with E-state index in [0.29, 0.717) is 13.2 Å². The molecule has 1 heterocycles. The van der Waals surface area contributed by atoms with Gasteiger partial charge in [-0.05, 0) is 38.5 Å². The molecule has 110 valence electrons. The normalized spacial score (nSPS) is 11.7.